The lowest BCUT2D eigenvalue weighted by Crippen LogP contribution is -2.43. The number of halogens is 1. The Morgan fingerprint density at radius 1 is 1.35 bits per heavy atom. The Morgan fingerprint density at radius 3 is 2.55 bits per heavy atom. The number of piperidine rings is 1. The third kappa shape index (κ3) is 3.55. The first-order valence-electron chi connectivity index (χ1n) is 6.13. The van der Waals surface area contributed by atoms with Crippen LogP contribution in [-0.4, -0.2) is 42.9 Å². The molecule has 0 aromatic heterocycles. The van der Waals surface area contributed by atoms with Gasteiger partial charge < -0.3 is 10.0 Å². The molecule has 1 amide bonds. The van der Waals surface area contributed by atoms with E-state index < -0.39 is 21.4 Å². The van der Waals surface area contributed by atoms with Crippen LogP contribution in [0.4, 0.5) is 10.5 Å². The molecule has 8 heteroatoms. The topological polar surface area (TPSA) is 86.7 Å². The van der Waals surface area contributed by atoms with Gasteiger partial charge in [-0.25, -0.2) is 13.2 Å². The number of hydrogen-bond donors (Lipinski definition) is 2. The monoisotopic (exact) mass is 318 g/mol. The molecule has 1 aromatic carbocycles. The van der Waals surface area contributed by atoms with Gasteiger partial charge in [0.1, 0.15) is 0 Å². The van der Waals surface area contributed by atoms with Gasteiger partial charge in [0.25, 0.3) is 0 Å². The fraction of sp³-hybridized carbons (Fsp3) is 0.417. The van der Waals surface area contributed by atoms with Gasteiger partial charge in [0.05, 0.1) is 5.25 Å². The molecule has 1 fully saturated rings. The molecule has 0 aliphatic carbocycles. The molecule has 0 radical (unpaired) electrons. The number of sulfonamides is 1. The van der Waals surface area contributed by atoms with Crippen LogP contribution >= 0.6 is 11.6 Å². The molecule has 6 nitrogen and oxygen atoms in total. The van der Waals surface area contributed by atoms with Gasteiger partial charge in [0, 0.05) is 23.8 Å². The number of carboxylic acid groups (broad SMARTS) is 1. The van der Waals surface area contributed by atoms with Gasteiger partial charge in [-0.05, 0) is 31.0 Å². The molecular weight excluding hydrogens is 304 g/mol. The normalized spacial score (nSPS) is 16.9. The minimum Gasteiger partial charge on any atom is -0.465 e. The molecule has 1 aliphatic heterocycles. The first-order valence-corrected chi connectivity index (χ1v) is 8.06. The number of rotatable bonds is 3. The van der Waals surface area contributed by atoms with Crippen LogP contribution in [0, 0.1) is 0 Å². The summed E-state index contributed by atoms with van der Waals surface area (Å²) in [5, 5.41) is 8.70. The molecule has 1 saturated heterocycles. The van der Waals surface area contributed by atoms with Gasteiger partial charge in [0.2, 0.25) is 10.0 Å². The Kier molecular flexibility index (Phi) is 4.39. The Bertz CT molecular complexity index is 597. The second-order valence-electron chi connectivity index (χ2n) is 4.63. The summed E-state index contributed by atoms with van der Waals surface area (Å²) in [5.74, 6) is 0. The molecule has 0 atom stereocenters. The summed E-state index contributed by atoms with van der Waals surface area (Å²) in [6, 6.07) is 6.47. The molecule has 0 bridgehead atoms. The zero-order valence-electron chi connectivity index (χ0n) is 10.6. The molecule has 20 heavy (non-hydrogen) atoms. The van der Waals surface area contributed by atoms with Crippen LogP contribution in [0.15, 0.2) is 24.3 Å². The lowest BCUT2D eigenvalue weighted by Gasteiger charge is -2.29. The number of amides is 1. The zero-order valence-corrected chi connectivity index (χ0v) is 12.2. The first-order chi connectivity index (χ1) is 9.38. The van der Waals surface area contributed by atoms with Crippen LogP contribution in [0.2, 0.25) is 5.02 Å². The van der Waals surface area contributed by atoms with E-state index in [1.807, 2.05) is 0 Å². The van der Waals surface area contributed by atoms with E-state index in [1.165, 1.54) is 11.0 Å². The van der Waals surface area contributed by atoms with Gasteiger partial charge in [0.15, 0.2) is 0 Å². The van der Waals surface area contributed by atoms with Gasteiger partial charge in [-0.1, -0.05) is 17.7 Å². The van der Waals surface area contributed by atoms with E-state index in [0.29, 0.717) is 23.6 Å². The fourth-order valence-corrected chi connectivity index (χ4v) is 3.80. The highest BCUT2D eigenvalue weighted by molar-refractivity contribution is 7.93. The summed E-state index contributed by atoms with van der Waals surface area (Å²) in [6.45, 7) is 0.465. The molecule has 1 aromatic rings. The van der Waals surface area contributed by atoms with Gasteiger partial charge >= 0.3 is 6.09 Å². The first kappa shape index (κ1) is 14.9. The smallest absolute Gasteiger partial charge is 0.407 e. The van der Waals surface area contributed by atoms with Crippen molar-refractivity contribution in [3.63, 3.8) is 0 Å². The highest BCUT2D eigenvalue weighted by Gasteiger charge is 2.31. The van der Waals surface area contributed by atoms with Gasteiger partial charge in [-0.3, -0.25) is 4.72 Å². The summed E-state index contributed by atoms with van der Waals surface area (Å²) < 4.78 is 26.9. The van der Waals surface area contributed by atoms with Crippen molar-refractivity contribution in [1.29, 1.82) is 0 Å². The summed E-state index contributed by atoms with van der Waals surface area (Å²) in [7, 11) is -3.53. The number of likely N-dealkylation sites (tertiary alicyclic amines) is 1. The second-order valence-corrected chi connectivity index (χ2v) is 7.02. The minimum atomic E-state index is -3.53. The number of benzene rings is 1. The third-order valence-electron chi connectivity index (χ3n) is 3.24. The fourth-order valence-electron chi connectivity index (χ4n) is 2.16. The summed E-state index contributed by atoms with van der Waals surface area (Å²) >= 11 is 5.81. The van der Waals surface area contributed by atoms with E-state index in [1.54, 1.807) is 18.2 Å². The van der Waals surface area contributed by atoms with Crippen molar-refractivity contribution < 1.29 is 18.3 Å². The SMILES string of the molecule is O=C(O)N1CCC(S(=O)(=O)Nc2cccc(Cl)c2)CC1. The summed E-state index contributed by atoms with van der Waals surface area (Å²) in [5.41, 5.74) is 0.415. The van der Waals surface area contributed by atoms with E-state index in [9.17, 15) is 13.2 Å². The summed E-state index contributed by atoms with van der Waals surface area (Å²) in [6.07, 6.45) is -0.423. The second kappa shape index (κ2) is 5.88. The molecule has 1 heterocycles. The molecule has 110 valence electrons. The van der Waals surface area contributed by atoms with Crippen molar-refractivity contribution in [2.24, 2.45) is 0 Å². The number of hydrogen-bond acceptors (Lipinski definition) is 3. The van der Waals surface area contributed by atoms with Crippen LogP contribution in [0.5, 0.6) is 0 Å². The number of anilines is 1. The Hall–Kier alpha value is -1.47. The minimum absolute atomic E-state index is 0.233. The molecule has 1 aliphatic rings. The molecular formula is C12H15ClN2O4S. The maximum absolute atomic E-state index is 12.2. The molecule has 0 unspecified atom stereocenters. The lowest BCUT2D eigenvalue weighted by molar-refractivity contribution is 0.136. The van der Waals surface area contributed by atoms with Crippen molar-refractivity contribution in [2.75, 3.05) is 17.8 Å². The van der Waals surface area contributed by atoms with Crippen LogP contribution in [-0.2, 0) is 10.0 Å². The van der Waals surface area contributed by atoms with E-state index >= 15 is 0 Å². The van der Waals surface area contributed by atoms with Crippen molar-refractivity contribution in [1.82, 2.24) is 4.90 Å². The maximum atomic E-state index is 12.2. The number of nitrogens with one attached hydrogen (secondary N) is 1. The standard InChI is InChI=1S/C12H15ClN2O4S/c13-9-2-1-3-10(8-9)14-20(18,19)11-4-6-15(7-5-11)12(16)17/h1-3,8,11,14H,4-7H2,(H,16,17). The molecule has 0 spiro atoms. The largest absolute Gasteiger partial charge is 0.465 e. The van der Waals surface area contributed by atoms with Crippen LogP contribution < -0.4 is 4.72 Å². The highest BCUT2D eigenvalue weighted by atomic mass is 35.5. The van der Waals surface area contributed by atoms with Crippen LogP contribution in [0.3, 0.4) is 0 Å². The maximum Gasteiger partial charge on any atom is 0.407 e. The highest BCUT2D eigenvalue weighted by Crippen LogP contribution is 2.22. The van der Waals surface area contributed by atoms with Crippen LogP contribution in [0.1, 0.15) is 12.8 Å². The quantitative estimate of drug-likeness (QED) is 0.894. The van der Waals surface area contributed by atoms with E-state index in [2.05, 4.69) is 4.72 Å². The van der Waals surface area contributed by atoms with Crippen molar-refractivity contribution in [3.8, 4) is 0 Å². The predicted molar refractivity (Wildman–Crippen MR) is 76.6 cm³/mol. The Labute approximate surface area is 122 Å². The van der Waals surface area contributed by atoms with E-state index in [-0.39, 0.29) is 13.1 Å². The third-order valence-corrected chi connectivity index (χ3v) is 5.34. The number of carbonyl (C=O) groups is 1. The summed E-state index contributed by atoms with van der Waals surface area (Å²) in [4.78, 5) is 12.0. The average molecular weight is 319 g/mol. The predicted octanol–water partition coefficient (Wildman–Crippen LogP) is 2.22. The zero-order chi connectivity index (χ0) is 14.8. The van der Waals surface area contributed by atoms with Crippen molar-refractivity contribution >= 4 is 33.4 Å². The Morgan fingerprint density at radius 2 is 2.00 bits per heavy atom. The Balaban J connectivity index is 2.03. The number of nitrogens with zero attached hydrogens (tertiary/aromatic N) is 1. The van der Waals surface area contributed by atoms with E-state index in [4.69, 9.17) is 16.7 Å². The molecule has 2 rings (SSSR count). The molecule has 0 saturated carbocycles. The van der Waals surface area contributed by atoms with Crippen molar-refractivity contribution in [2.45, 2.75) is 18.1 Å². The van der Waals surface area contributed by atoms with Gasteiger partial charge in [-0.15, -0.1) is 0 Å². The average Bonchev–Trinajstić information content (AvgIpc) is 2.38. The van der Waals surface area contributed by atoms with Crippen LogP contribution in [0.25, 0.3) is 0 Å². The van der Waals surface area contributed by atoms with Gasteiger partial charge in [-0.2, -0.15) is 0 Å². The van der Waals surface area contributed by atoms with E-state index in [0.717, 1.165) is 0 Å². The lowest BCUT2D eigenvalue weighted by atomic mass is 10.1. The van der Waals surface area contributed by atoms with Crippen molar-refractivity contribution in [3.05, 3.63) is 29.3 Å². The molecule has 2 N–H and O–H groups in total.